The summed E-state index contributed by atoms with van der Waals surface area (Å²) in [4.78, 5) is 0. The Kier molecular flexibility index (Phi) is 6.69. The van der Waals surface area contributed by atoms with Crippen molar-refractivity contribution in [3.8, 4) is 11.1 Å². The molecule has 0 bridgehead atoms. The Bertz CT molecular complexity index is 2940. The highest BCUT2D eigenvalue weighted by Gasteiger charge is 2.30. The second kappa shape index (κ2) is 11.6. The molecule has 7 aromatic carbocycles. The van der Waals surface area contributed by atoms with Crippen LogP contribution in [0.4, 0.5) is 0 Å². The normalized spacial score (nSPS) is 18.2. The van der Waals surface area contributed by atoms with Crippen molar-refractivity contribution in [1.29, 1.82) is 0 Å². The molecule has 3 N–H and O–H groups in total. The third kappa shape index (κ3) is 4.83. The molecule has 6 heteroatoms. The number of hydrogen-bond donors (Lipinski definition) is 3. The van der Waals surface area contributed by atoms with Gasteiger partial charge in [0.25, 0.3) is 0 Å². The summed E-state index contributed by atoms with van der Waals surface area (Å²) in [5, 5.41) is 19.1. The van der Waals surface area contributed by atoms with E-state index in [1.54, 1.807) is 0 Å². The van der Waals surface area contributed by atoms with Crippen molar-refractivity contribution in [3.05, 3.63) is 168 Å². The summed E-state index contributed by atoms with van der Waals surface area (Å²) in [6.07, 6.45) is -0.231. The van der Waals surface area contributed by atoms with Gasteiger partial charge in [-0.2, -0.15) is 0 Å². The smallest absolute Gasteiger partial charge is 0.135 e. The van der Waals surface area contributed by atoms with Crippen LogP contribution in [0.3, 0.4) is 0 Å². The minimum absolute atomic E-state index is 0.0499. The van der Waals surface area contributed by atoms with Crippen molar-refractivity contribution < 1.29 is 4.42 Å². The zero-order valence-electron chi connectivity index (χ0n) is 27.4. The van der Waals surface area contributed by atoms with E-state index in [0.29, 0.717) is 0 Å². The molecule has 1 saturated heterocycles. The highest BCUT2D eigenvalue weighted by molar-refractivity contribution is 7.26. The van der Waals surface area contributed by atoms with Gasteiger partial charge in [0.15, 0.2) is 0 Å². The van der Waals surface area contributed by atoms with E-state index in [4.69, 9.17) is 4.42 Å². The summed E-state index contributed by atoms with van der Waals surface area (Å²) in [6.45, 7) is 0. The third-order valence-electron chi connectivity index (χ3n) is 10.4. The van der Waals surface area contributed by atoms with E-state index in [1.165, 1.54) is 62.6 Å². The lowest BCUT2D eigenvalue weighted by Gasteiger charge is -2.39. The first-order valence-electron chi connectivity index (χ1n) is 17.3. The largest absolute Gasteiger partial charge is 0.456 e. The van der Waals surface area contributed by atoms with Crippen LogP contribution in [-0.4, -0.2) is 0 Å². The Morgan fingerprint density at radius 1 is 0.392 bits per heavy atom. The van der Waals surface area contributed by atoms with E-state index in [0.717, 1.165) is 27.5 Å². The number of fused-ring (bicyclic) bond motifs is 9. The molecule has 244 valence electrons. The maximum absolute atomic E-state index is 6.29. The van der Waals surface area contributed by atoms with Crippen LogP contribution < -0.4 is 16.0 Å². The molecule has 3 unspecified atom stereocenters. The topological polar surface area (TPSA) is 49.2 Å². The number of rotatable bonds is 4. The summed E-state index contributed by atoms with van der Waals surface area (Å²) >= 11 is 3.77. The molecule has 4 heterocycles. The number of furan rings is 1. The zero-order valence-corrected chi connectivity index (χ0v) is 29.0. The fourth-order valence-corrected chi connectivity index (χ4v) is 10.3. The lowest BCUT2D eigenvalue weighted by Crippen LogP contribution is -2.54. The molecular formula is C45H31N3OS2. The van der Waals surface area contributed by atoms with Gasteiger partial charge in [-0.15, -0.1) is 22.7 Å². The van der Waals surface area contributed by atoms with Gasteiger partial charge in [0.05, 0.1) is 18.5 Å². The molecule has 51 heavy (non-hydrogen) atoms. The summed E-state index contributed by atoms with van der Waals surface area (Å²) in [6, 6.07) is 54.8. The Morgan fingerprint density at radius 2 is 1.00 bits per heavy atom. The van der Waals surface area contributed by atoms with E-state index in [-0.39, 0.29) is 18.5 Å². The second-order valence-corrected chi connectivity index (χ2v) is 15.5. The van der Waals surface area contributed by atoms with Crippen LogP contribution in [0.15, 0.2) is 156 Å². The molecule has 1 aliphatic heterocycles. The fourth-order valence-electron chi connectivity index (χ4n) is 7.90. The predicted molar refractivity (Wildman–Crippen MR) is 215 cm³/mol. The summed E-state index contributed by atoms with van der Waals surface area (Å²) in [7, 11) is 0. The average Bonchev–Trinajstić information content (AvgIpc) is 3.88. The second-order valence-electron chi connectivity index (χ2n) is 13.4. The van der Waals surface area contributed by atoms with Crippen molar-refractivity contribution >= 4 is 85.0 Å². The van der Waals surface area contributed by atoms with E-state index >= 15 is 0 Å². The molecule has 0 saturated carbocycles. The maximum Gasteiger partial charge on any atom is 0.135 e. The maximum atomic E-state index is 6.29. The first-order valence-corrected chi connectivity index (χ1v) is 19.0. The van der Waals surface area contributed by atoms with Crippen LogP contribution in [0.1, 0.15) is 35.2 Å². The van der Waals surface area contributed by atoms with E-state index in [9.17, 15) is 0 Å². The van der Waals surface area contributed by atoms with Crippen LogP contribution in [0.5, 0.6) is 0 Å². The molecule has 3 atom stereocenters. The van der Waals surface area contributed by atoms with Crippen molar-refractivity contribution in [2.24, 2.45) is 0 Å². The van der Waals surface area contributed by atoms with Crippen molar-refractivity contribution in [2.75, 3.05) is 0 Å². The first kappa shape index (κ1) is 29.4. The molecule has 11 rings (SSSR count). The third-order valence-corrected chi connectivity index (χ3v) is 12.8. The van der Waals surface area contributed by atoms with Gasteiger partial charge in [-0.3, -0.25) is 16.0 Å². The molecule has 0 radical (unpaired) electrons. The lowest BCUT2D eigenvalue weighted by atomic mass is 10.0. The van der Waals surface area contributed by atoms with Crippen LogP contribution >= 0.6 is 22.7 Å². The number of para-hydroxylation sites is 1. The SMILES string of the molecule is c1ccc(C2NC(c3ccc4c(c3)oc3ccccc34)NC(c3ccc4c(c3)sc3cc(-c5cccc6c5sc5ccccc56)ccc34)N2)cc1. The Labute approximate surface area is 302 Å². The van der Waals surface area contributed by atoms with Gasteiger partial charge >= 0.3 is 0 Å². The average molecular weight is 694 g/mol. The van der Waals surface area contributed by atoms with Crippen molar-refractivity contribution in [2.45, 2.75) is 18.5 Å². The highest BCUT2D eigenvalue weighted by atomic mass is 32.1. The number of nitrogens with one attached hydrogen (secondary N) is 3. The number of benzene rings is 7. The van der Waals surface area contributed by atoms with E-state index in [2.05, 4.69) is 155 Å². The van der Waals surface area contributed by atoms with Crippen LogP contribution in [0.25, 0.3) is 73.4 Å². The van der Waals surface area contributed by atoms with Crippen molar-refractivity contribution in [3.63, 3.8) is 0 Å². The predicted octanol–water partition coefficient (Wildman–Crippen LogP) is 12.2. The minimum atomic E-state index is -0.101. The number of hydrogen-bond acceptors (Lipinski definition) is 6. The van der Waals surface area contributed by atoms with Crippen LogP contribution in [0.2, 0.25) is 0 Å². The standard InChI is InChI=1S/C45H31N3OS2/c1-2-9-26(10-3-1)43-46-44(28-18-20-32-31-11-4-6-15-37(31)49-38(32)23-28)48-45(47-43)29-19-22-35-34-21-17-27(24-40(34)50-41(35)25-29)30-13-8-14-36-33-12-5-7-16-39(33)51-42(30)36/h1-25,43-48H. The number of thiophene rings is 2. The molecule has 10 aromatic rings. The lowest BCUT2D eigenvalue weighted by molar-refractivity contribution is 0.203. The van der Waals surface area contributed by atoms with Crippen LogP contribution in [-0.2, 0) is 0 Å². The Balaban J connectivity index is 0.970. The summed E-state index contributed by atoms with van der Waals surface area (Å²) in [5.41, 5.74) is 7.93. The van der Waals surface area contributed by atoms with E-state index < -0.39 is 0 Å². The Morgan fingerprint density at radius 3 is 1.84 bits per heavy atom. The monoisotopic (exact) mass is 693 g/mol. The van der Waals surface area contributed by atoms with Gasteiger partial charge in [0.2, 0.25) is 0 Å². The van der Waals surface area contributed by atoms with Gasteiger partial charge < -0.3 is 4.42 Å². The summed E-state index contributed by atoms with van der Waals surface area (Å²) < 4.78 is 11.6. The van der Waals surface area contributed by atoms with Gasteiger partial charge in [-0.25, -0.2) is 0 Å². The van der Waals surface area contributed by atoms with Gasteiger partial charge in [0.1, 0.15) is 11.2 Å². The summed E-state index contributed by atoms with van der Waals surface area (Å²) in [5.74, 6) is 0. The minimum Gasteiger partial charge on any atom is -0.456 e. The van der Waals surface area contributed by atoms with Crippen LogP contribution in [0, 0.1) is 0 Å². The molecule has 1 aliphatic rings. The van der Waals surface area contributed by atoms with Gasteiger partial charge in [0, 0.05) is 51.1 Å². The van der Waals surface area contributed by atoms with E-state index in [1.807, 2.05) is 34.8 Å². The van der Waals surface area contributed by atoms with Crippen molar-refractivity contribution in [1.82, 2.24) is 16.0 Å². The highest BCUT2D eigenvalue weighted by Crippen LogP contribution is 2.43. The molecule has 1 fully saturated rings. The quantitative estimate of drug-likeness (QED) is 0.172. The van der Waals surface area contributed by atoms with Gasteiger partial charge in [-0.1, -0.05) is 121 Å². The first-order chi connectivity index (χ1) is 25.2. The molecule has 0 spiro atoms. The fraction of sp³-hybridized carbons (Fsp3) is 0.0667. The molecule has 0 amide bonds. The molecule has 3 aromatic heterocycles. The molecule has 4 nitrogen and oxygen atoms in total. The molecule has 0 aliphatic carbocycles. The zero-order chi connectivity index (χ0) is 33.5. The Hall–Kier alpha value is -5.34. The van der Waals surface area contributed by atoms with Gasteiger partial charge in [-0.05, 0) is 58.1 Å². The molecular weight excluding hydrogens is 663 g/mol.